The van der Waals surface area contributed by atoms with Gasteiger partial charge in [-0.15, -0.1) is 0 Å². The molecule has 0 bridgehead atoms. The second-order valence-electron chi connectivity index (χ2n) is 6.26. The van der Waals surface area contributed by atoms with E-state index in [2.05, 4.69) is 4.99 Å². The number of fused-ring (bicyclic) bond motifs is 1. The Hall–Kier alpha value is -2.48. The minimum absolute atomic E-state index is 0.212. The fourth-order valence-corrected chi connectivity index (χ4v) is 4.90. The lowest BCUT2D eigenvalue weighted by molar-refractivity contribution is -0.121. The lowest BCUT2D eigenvalue weighted by Crippen LogP contribution is -2.28. The van der Waals surface area contributed by atoms with Crippen LogP contribution < -0.4 is 9.70 Å². The van der Waals surface area contributed by atoms with Crippen molar-refractivity contribution in [3.63, 3.8) is 0 Å². The van der Waals surface area contributed by atoms with Crippen molar-refractivity contribution in [2.45, 2.75) is 12.8 Å². The number of thiazole rings is 1. The Bertz CT molecular complexity index is 1200. The van der Waals surface area contributed by atoms with Crippen LogP contribution in [0.25, 0.3) is 10.2 Å². The quantitative estimate of drug-likeness (QED) is 0.574. The van der Waals surface area contributed by atoms with Crippen molar-refractivity contribution in [2.75, 3.05) is 4.90 Å². The van der Waals surface area contributed by atoms with Gasteiger partial charge in [-0.05, 0) is 36.4 Å². The standard InChI is InChI=1S/C19H13Cl2N3O3S/c1-23-17-13(21)8-11(20)9-14(17)28-19(23)22-18(27)10-2-4-12(5-3-10)24-15(25)6-7-16(24)26/h2-5,8-9H,6-7H2,1H3. The molecule has 0 atom stereocenters. The van der Waals surface area contributed by atoms with Crippen LogP contribution in [-0.2, 0) is 16.6 Å². The van der Waals surface area contributed by atoms with Crippen LogP contribution in [0.2, 0.25) is 10.0 Å². The number of rotatable bonds is 2. The highest BCUT2D eigenvalue weighted by Crippen LogP contribution is 2.29. The molecule has 0 spiro atoms. The SMILES string of the molecule is Cn1c(=NC(=O)c2ccc(N3C(=O)CCC3=O)cc2)sc2cc(Cl)cc(Cl)c21. The van der Waals surface area contributed by atoms with Crippen LogP contribution in [0.1, 0.15) is 23.2 Å². The summed E-state index contributed by atoms with van der Waals surface area (Å²) >= 11 is 13.6. The Labute approximate surface area is 173 Å². The number of hydrogen-bond acceptors (Lipinski definition) is 4. The van der Waals surface area contributed by atoms with Gasteiger partial charge in [0.05, 0.1) is 20.9 Å². The second kappa shape index (κ2) is 7.16. The average Bonchev–Trinajstić information content (AvgIpc) is 3.14. The fraction of sp³-hybridized carbons (Fsp3) is 0.158. The maximum atomic E-state index is 12.6. The molecular formula is C19H13Cl2N3O3S. The summed E-state index contributed by atoms with van der Waals surface area (Å²) in [6.07, 6.45) is 0.424. The highest BCUT2D eigenvalue weighted by Gasteiger charge is 2.30. The largest absolute Gasteiger partial charge is 0.318 e. The van der Waals surface area contributed by atoms with E-state index in [1.807, 2.05) is 0 Å². The van der Waals surface area contributed by atoms with Gasteiger partial charge in [-0.2, -0.15) is 4.99 Å². The number of carbonyl (C=O) groups is 3. The number of halogens is 2. The number of aryl methyl sites for hydroxylation is 1. The van der Waals surface area contributed by atoms with Gasteiger partial charge < -0.3 is 4.57 Å². The molecule has 2 heterocycles. The minimum atomic E-state index is -0.435. The summed E-state index contributed by atoms with van der Waals surface area (Å²) in [7, 11) is 1.78. The van der Waals surface area contributed by atoms with E-state index in [0.717, 1.165) is 15.1 Å². The van der Waals surface area contributed by atoms with Gasteiger partial charge in [0.2, 0.25) is 11.8 Å². The Morgan fingerprint density at radius 2 is 1.71 bits per heavy atom. The first-order valence-corrected chi connectivity index (χ1v) is 9.92. The van der Waals surface area contributed by atoms with Crippen LogP contribution in [0.4, 0.5) is 5.69 Å². The van der Waals surface area contributed by atoms with E-state index in [9.17, 15) is 14.4 Å². The molecule has 1 aliphatic rings. The summed E-state index contributed by atoms with van der Waals surface area (Å²) in [5.41, 5.74) is 1.56. The predicted molar refractivity (Wildman–Crippen MR) is 109 cm³/mol. The van der Waals surface area contributed by atoms with Crippen LogP contribution >= 0.6 is 34.5 Å². The number of hydrogen-bond donors (Lipinski definition) is 0. The van der Waals surface area contributed by atoms with E-state index in [-0.39, 0.29) is 24.7 Å². The molecular weight excluding hydrogens is 421 g/mol. The Balaban J connectivity index is 1.68. The zero-order chi connectivity index (χ0) is 20.0. The average molecular weight is 434 g/mol. The van der Waals surface area contributed by atoms with Crippen LogP contribution in [0.15, 0.2) is 41.4 Å². The van der Waals surface area contributed by atoms with E-state index in [1.54, 1.807) is 48.0 Å². The molecule has 0 saturated carbocycles. The van der Waals surface area contributed by atoms with Crippen LogP contribution in [0.3, 0.4) is 0 Å². The van der Waals surface area contributed by atoms with Gasteiger partial charge in [-0.1, -0.05) is 34.5 Å². The van der Waals surface area contributed by atoms with Gasteiger partial charge in [0.25, 0.3) is 5.91 Å². The van der Waals surface area contributed by atoms with E-state index < -0.39 is 5.91 Å². The predicted octanol–water partition coefficient (Wildman–Crippen LogP) is 3.94. The zero-order valence-corrected chi connectivity index (χ0v) is 16.9. The number of anilines is 1. The maximum absolute atomic E-state index is 12.6. The van der Waals surface area contributed by atoms with Gasteiger partial charge in [-0.25, -0.2) is 0 Å². The molecule has 1 saturated heterocycles. The van der Waals surface area contributed by atoms with E-state index in [1.165, 1.54) is 11.3 Å². The highest BCUT2D eigenvalue weighted by atomic mass is 35.5. The number of aromatic nitrogens is 1. The van der Waals surface area contributed by atoms with E-state index >= 15 is 0 Å². The van der Waals surface area contributed by atoms with Crippen LogP contribution in [-0.4, -0.2) is 22.3 Å². The topological polar surface area (TPSA) is 71.7 Å². The summed E-state index contributed by atoms with van der Waals surface area (Å²) in [5, 5.41) is 0.998. The first kappa shape index (κ1) is 18.9. The molecule has 1 aromatic heterocycles. The van der Waals surface area contributed by atoms with Crippen LogP contribution in [0, 0.1) is 0 Å². The molecule has 6 nitrogen and oxygen atoms in total. The molecule has 0 radical (unpaired) electrons. The summed E-state index contributed by atoms with van der Waals surface area (Å²) in [6.45, 7) is 0. The van der Waals surface area contributed by atoms with Crippen molar-refractivity contribution in [3.8, 4) is 0 Å². The molecule has 4 rings (SSSR count). The highest BCUT2D eigenvalue weighted by molar-refractivity contribution is 7.16. The molecule has 9 heteroatoms. The van der Waals surface area contributed by atoms with Gasteiger partial charge in [-0.3, -0.25) is 19.3 Å². The van der Waals surface area contributed by atoms with E-state index in [0.29, 0.717) is 26.1 Å². The van der Waals surface area contributed by atoms with Gasteiger partial charge in [0.15, 0.2) is 4.80 Å². The van der Waals surface area contributed by atoms with Crippen molar-refractivity contribution < 1.29 is 14.4 Å². The molecule has 0 N–H and O–H groups in total. The lowest BCUT2D eigenvalue weighted by atomic mass is 10.2. The summed E-state index contributed by atoms with van der Waals surface area (Å²) < 4.78 is 2.57. The molecule has 3 amide bonds. The van der Waals surface area contributed by atoms with Crippen molar-refractivity contribution >= 4 is 68.2 Å². The summed E-state index contributed by atoms with van der Waals surface area (Å²) in [6, 6.07) is 9.67. The molecule has 3 aromatic rings. The lowest BCUT2D eigenvalue weighted by Gasteiger charge is -2.13. The summed E-state index contributed by atoms with van der Waals surface area (Å²) in [4.78, 5) is 42.0. The second-order valence-corrected chi connectivity index (χ2v) is 8.12. The number of amides is 3. The first-order chi connectivity index (χ1) is 13.3. The normalized spacial score (nSPS) is 15.1. The monoisotopic (exact) mass is 433 g/mol. The molecule has 28 heavy (non-hydrogen) atoms. The molecule has 1 aliphatic heterocycles. The van der Waals surface area contributed by atoms with Gasteiger partial charge in [0, 0.05) is 30.5 Å². The van der Waals surface area contributed by atoms with Crippen molar-refractivity contribution in [1.82, 2.24) is 4.57 Å². The van der Waals surface area contributed by atoms with Crippen molar-refractivity contribution in [1.29, 1.82) is 0 Å². The number of imide groups is 1. The minimum Gasteiger partial charge on any atom is -0.318 e. The Morgan fingerprint density at radius 3 is 2.36 bits per heavy atom. The first-order valence-electron chi connectivity index (χ1n) is 8.34. The summed E-state index contributed by atoms with van der Waals surface area (Å²) in [5.74, 6) is -0.904. The van der Waals surface area contributed by atoms with Gasteiger partial charge >= 0.3 is 0 Å². The number of nitrogens with zero attached hydrogens (tertiary/aromatic N) is 3. The Morgan fingerprint density at radius 1 is 1.07 bits per heavy atom. The molecule has 0 unspecified atom stereocenters. The van der Waals surface area contributed by atoms with Gasteiger partial charge in [0.1, 0.15) is 0 Å². The molecule has 2 aromatic carbocycles. The fourth-order valence-electron chi connectivity index (χ4n) is 3.07. The van der Waals surface area contributed by atoms with E-state index in [4.69, 9.17) is 23.2 Å². The zero-order valence-electron chi connectivity index (χ0n) is 14.6. The molecule has 142 valence electrons. The van der Waals surface area contributed by atoms with Crippen molar-refractivity contribution in [3.05, 3.63) is 56.8 Å². The third kappa shape index (κ3) is 3.26. The molecule has 1 fully saturated rings. The third-order valence-electron chi connectivity index (χ3n) is 4.44. The number of carbonyl (C=O) groups excluding carboxylic acids is 3. The van der Waals surface area contributed by atoms with Crippen molar-refractivity contribution in [2.24, 2.45) is 12.0 Å². The smallest absolute Gasteiger partial charge is 0.279 e. The molecule has 0 aliphatic carbocycles. The Kier molecular flexibility index (Phi) is 4.82. The van der Waals surface area contributed by atoms with Crippen LogP contribution in [0.5, 0.6) is 0 Å². The maximum Gasteiger partial charge on any atom is 0.279 e. The third-order valence-corrected chi connectivity index (χ3v) is 6.02. The number of benzene rings is 2.